The summed E-state index contributed by atoms with van der Waals surface area (Å²) in [7, 11) is 0. The molecule has 0 spiro atoms. The van der Waals surface area contributed by atoms with Gasteiger partial charge in [0.05, 0.1) is 0 Å². The fourth-order valence-electron chi connectivity index (χ4n) is 0.742. The Bertz CT molecular complexity index is 392. The zero-order chi connectivity index (χ0) is 11.5. The predicted molar refractivity (Wildman–Crippen MR) is 43.2 cm³/mol. The van der Waals surface area contributed by atoms with Gasteiger partial charge in [-0.2, -0.15) is 18.3 Å². The summed E-state index contributed by atoms with van der Waals surface area (Å²) in [6.45, 7) is -1.44. The molecule has 2 N–H and O–H groups in total. The van der Waals surface area contributed by atoms with E-state index in [1.807, 2.05) is 5.10 Å². The lowest BCUT2D eigenvalue weighted by molar-refractivity contribution is -0.123. The number of hydrogen-bond donors (Lipinski definition) is 2. The number of halogens is 3. The van der Waals surface area contributed by atoms with Crippen LogP contribution in [0, 0.1) is 0 Å². The summed E-state index contributed by atoms with van der Waals surface area (Å²) in [5.74, 6) is -0.997. The van der Waals surface area contributed by atoms with Gasteiger partial charge in [0, 0.05) is 6.07 Å². The third kappa shape index (κ3) is 3.79. The molecule has 1 aromatic heterocycles. The van der Waals surface area contributed by atoms with Crippen LogP contribution >= 0.6 is 0 Å². The van der Waals surface area contributed by atoms with Crippen molar-refractivity contribution in [1.82, 2.24) is 15.5 Å². The summed E-state index contributed by atoms with van der Waals surface area (Å²) in [5, 5.41) is 6.80. The Labute approximate surface area is 81.3 Å². The molecule has 1 heterocycles. The number of nitrogens with zero attached hydrogens (tertiary/aromatic N) is 1. The lowest BCUT2D eigenvalue weighted by atomic mass is 10.3. The van der Waals surface area contributed by atoms with Gasteiger partial charge in [-0.15, -0.1) is 0 Å². The van der Waals surface area contributed by atoms with Gasteiger partial charge in [-0.25, -0.2) is 5.10 Å². The first-order chi connectivity index (χ1) is 6.88. The van der Waals surface area contributed by atoms with Crippen molar-refractivity contribution in [2.45, 2.75) is 6.18 Å². The van der Waals surface area contributed by atoms with Crippen molar-refractivity contribution in [3.8, 4) is 0 Å². The molecule has 0 saturated heterocycles. The number of aromatic nitrogens is 2. The fourth-order valence-corrected chi connectivity index (χ4v) is 0.742. The second kappa shape index (κ2) is 4.11. The molecule has 1 aromatic rings. The molecule has 5 nitrogen and oxygen atoms in total. The van der Waals surface area contributed by atoms with Gasteiger partial charge in [-0.05, 0) is 6.07 Å². The van der Waals surface area contributed by atoms with Crippen LogP contribution in [-0.2, 0) is 0 Å². The first-order valence-electron chi connectivity index (χ1n) is 3.79. The summed E-state index contributed by atoms with van der Waals surface area (Å²) < 4.78 is 35.1. The quantitative estimate of drug-likeness (QED) is 0.741. The van der Waals surface area contributed by atoms with E-state index in [9.17, 15) is 22.8 Å². The first-order valence-corrected chi connectivity index (χ1v) is 3.79. The van der Waals surface area contributed by atoms with Gasteiger partial charge in [0.25, 0.3) is 11.5 Å². The van der Waals surface area contributed by atoms with Crippen LogP contribution in [0.3, 0.4) is 0 Å². The maximum Gasteiger partial charge on any atom is 0.405 e. The zero-order valence-corrected chi connectivity index (χ0v) is 7.26. The molecular weight excluding hydrogens is 215 g/mol. The molecule has 0 aromatic carbocycles. The van der Waals surface area contributed by atoms with Crippen molar-refractivity contribution in [3.05, 3.63) is 28.2 Å². The van der Waals surface area contributed by atoms with Gasteiger partial charge in [0.2, 0.25) is 0 Å². The van der Waals surface area contributed by atoms with E-state index in [1.54, 1.807) is 5.32 Å². The number of amides is 1. The number of rotatable bonds is 2. The summed E-state index contributed by atoms with van der Waals surface area (Å²) in [6.07, 6.45) is -4.47. The molecule has 0 atom stereocenters. The van der Waals surface area contributed by atoms with Crippen molar-refractivity contribution in [1.29, 1.82) is 0 Å². The van der Waals surface area contributed by atoms with Crippen LogP contribution < -0.4 is 10.9 Å². The van der Waals surface area contributed by atoms with Crippen LogP contribution in [0.25, 0.3) is 0 Å². The molecule has 0 saturated carbocycles. The minimum Gasteiger partial charge on any atom is -0.342 e. The Morgan fingerprint density at radius 1 is 1.47 bits per heavy atom. The average Bonchev–Trinajstić information content (AvgIpc) is 2.14. The Balaban J connectivity index is 2.62. The summed E-state index contributed by atoms with van der Waals surface area (Å²) in [4.78, 5) is 21.5. The highest BCUT2D eigenvalue weighted by Crippen LogP contribution is 2.12. The van der Waals surface area contributed by atoms with Crippen LogP contribution in [0.2, 0.25) is 0 Å². The highest BCUT2D eigenvalue weighted by Gasteiger charge is 2.28. The number of alkyl halides is 3. The number of hydrogen-bond acceptors (Lipinski definition) is 3. The zero-order valence-electron chi connectivity index (χ0n) is 7.26. The van der Waals surface area contributed by atoms with E-state index in [0.29, 0.717) is 0 Å². The van der Waals surface area contributed by atoms with Crippen molar-refractivity contribution in [3.63, 3.8) is 0 Å². The minimum atomic E-state index is -4.47. The van der Waals surface area contributed by atoms with Crippen LogP contribution in [0.5, 0.6) is 0 Å². The van der Waals surface area contributed by atoms with Gasteiger partial charge in [-0.3, -0.25) is 9.59 Å². The highest BCUT2D eigenvalue weighted by molar-refractivity contribution is 5.91. The molecule has 0 aliphatic heterocycles. The van der Waals surface area contributed by atoms with E-state index in [0.717, 1.165) is 12.1 Å². The minimum absolute atomic E-state index is 0.279. The maximum absolute atomic E-state index is 11.7. The molecule has 1 amide bonds. The molecule has 0 fully saturated rings. The SMILES string of the molecule is O=C(NCC(F)(F)F)c1ccc(=O)[nH]n1. The summed E-state index contributed by atoms with van der Waals surface area (Å²) in [5.41, 5.74) is -0.818. The van der Waals surface area contributed by atoms with Gasteiger partial charge in [0.1, 0.15) is 12.2 Å². The molecule has 1 rings (SSSR count). The summed E-state index contributed by atoms with van der Waals surface area (Å²) >= 11 is 0. The first kappa shape index (κ1) is 11.2. The Kier molecular flexibility index (Phi) is 3.08. The molecule has 8 heteroatoms. The van der Waals surface area contributed by atoms with E-state index in [2.05, 4.69) is 5.10 Å². The smallest absolute Gasteiger partial charge is 0.342 e. The molecule has 0 unspecified atom stereocenters. The lowest BCUT2D eigenvalue weighted by Gasteiger charge is -2.06. The number of carbonyl (C=O) groups is 1. The summed E-state index contributed by atoms with van der Waals surface area (Å²) in [6, 6.07) is 2.03. The second-order valence-electron chi connectivity index (χ2n) is 2.60. The Morgan fingerprint density at radius 2 is 2.13 bits per heavy atom. The van der Waals surface area contributed by atoms with Crippen LogP contribution in [0.4, 0.5) is 13.2 Å². The fraction of sp³-hybridized carbons (Fsp3) is 0.286. The Morgan fingerprint density at radius 3 is 2.60 bits per heavy atom. The second-order valence-corrected chi connectivity index (χ2v) is 2.60. The molecule has 0 bridgehead atoms. The van der Waals surface area contributed by atoms with Crippen molar-refractivity contribution in [2.24, 2.45) is 0 Å². The average molecular weight is 221 g/mol. The largest absolute Gasteiger partial charge is 0.405 e. The molecule has 0 aliphatic carbocycles. The van der Waals surface area contributed by atoms with E-state index < -0.39 is 24.2 Å². The molecule has 15 heavy (non-hydrogen) atoms. The third-order valence-corrected chi connectivity index (χ3v) is 1.36. The van der Waals surface area contributed by atoms with Gasteiger partial charge in [-0.1, -0.05) is 0 Å². The van der Waals surface area contributed by atoms with Crippen molar-refractivity contribution >= 4 is 5.91 Å². The molecular formula is C7H6F3N3O2. The highest BCUT2D eigenvalue weighted by atomic mass is 19.4. The number of H-pyrrole nitrogens is 1. The standard InChI is InChI=1S/C7H6F3N3O2/c8-7(9,10)3-11-6(15)4-1-2-5(14)13-12-4/h1-2H,3H2,(H,11,15)(H,13,14). The van der Waals surface area contributed by atoms with Crippen molar-refractivity contribution in [2.75, 3.05) is 6.54 Å². The lowest BCUT2D eigenvalue weighted by Crippen LogP contribution is -2.34. The molecule has 82 valence electrons. The van der Waals surface area contributed by atoms with E-state index in [-0.39, 0.29) is 5.69 Å². The van der Waals surface area contributed by atoms with E-state index in [1.165, 1.54) is 0 Å². The van der Waals surface area contributed by atoms with Crippen LogP contribution in [0.15, 0.2) is 16.9 Å². The normalized spacial score (nSPS) is 11.1. The predicted octanol–water partition coefficient (Wildman–Crippen LogP) is 0.0620. The van der Waals surface area contributed by atoms with Crippen LogP contribution in [0.1, 0.15) is 10.5 Å². The van der Waals surface area contributed by atoms with E-state index in [4.69, 9.17) is 0 Å². The number of aromatic amines is 1. The maximum atomic E-state index is 11.7. The van der Waals surface area contributed by atoms with Gasteiger partial charge < -0.3 is 5.32 Å². The van der Waals surface area contributed by atoms with Crippen LogP contribution in [-0.4, -0.2) is 28.8 Å². The monoisotopic (exact) mass is 221 g/mol. The van der Waals surface area contributed by atoms with Gasteiger partial charge >= 0.3 is 6.18 Å². The Hall–Kier alpha value is -1.86. The number of carbonyl (C=O) groups excluding carboxylic acids is 1. The van der Waals surface area contributed by atoms with E-state index >= 15 is 0 Å². The van der Waals surface area contributed by atoms with Crippen molar-refractivity contribution < 1.29 is 18.0 Å². The third-order valence-electron chi connectivity index (χ3n) is 1.36. The topological polar surface area (TPSA) is 74.8 Å². The molecule has 0 radical (unpaired) electrons. The van der Waals surface area contributed by atoms with Gasteiger partial charge in [0.15, 0.2) is 0 Å². The number of nitrogens with one attached hydrogen (secondary N) is 2. The molecule has 0 aliphatic rings.